The summed E-state index contributed by atoms with van der Waals surface area (Å²) in [4.78, 5) is 25.5. The lowest BCUT2D eigenvalue weighted by Crippen LogP contribution is -2.14. The van der Waals surface area contributed by atoms with E-state index in [1.807, 2.05) is 0 Å². The molecule has 10 heteroatoms. The Labute approximate surface area is 129 Å². The standard InChI is InChI=1S/C9H9Cl2N3O3S.ClH/c1-4(15)13-8-5(14-9(11)18-8)2-3-17-7(12)6(10)16;/h12H,2-3H2,1H3,(H,13,15);1H. The van der Waals surface area contributed by atoms with Gasteiger partial charge in [-0.2, -0.15) is 0 Å². The van der Waals surface area contributed by atoms with Crippen LogP contribution < -0.4 is 5.32 Å². The molecular weight excluding hydrogens is 337 g/mol. The van der Waals surface area contributed by atoms with Gasteiger partial charge < -0.3 is 10.1 Å². The number of nitrogens with one attached hydrogen (secondary N) is 2. The number of hydrogen-bond acceptors (Lipinski definition) is 6. The molecule has 2 N–H and O–H groups in total. The summed E-state index contributed by atoms with van der Waals surface area (Å²) in [5.74, 6) is -0.861. The minimum absolute atomic E-state index is 0. The molecular formula is C9H10Cl3N3O3S. The van der Waals surface area contributed by atoms with Crippen molar-refractivity contribution in [1.82, 2.24) is 4.98 Å². The second-order valence-electron chi connectivity index (χ2n) is 3.13. The van der Waals surface area contributed by atoms with Crippen LogP contribution in [0.5, 0.6) is 0 Å². The molecule has 0 fully saturated rings. The molecule has 0 aliphatic heterocycles. The number of hydrogen-bond donors (Lipinski definition) is 2. The van der Waals surface area contributed by atoms with E-state index < -0.39 is 11.1 Å². The van der Waals surface area contributed by atoms with E-state index in [0.717, 1.165) is 11.3 Å². The van der Waals surface area contributed by atoms with Gasteiger partial charge in [0.15, 0.2) is 4.47 Å². The van der Waals surface area contributed by atoms with Gasteiger partial charge in [0, 0.05) is 13.3 Å². The van der Waals surface area contributed by atoms with Crippen LogP contribution in [-0.2, 0) is 20.7 Å². The van der Waals surface area contributed by atoms with E-state index in [2.05, 4.69) is 10.3 Å². The number of rotatable bonds is 5. The summed E-state index contributed by atoms with van der Waals surface area (Å²) in [6, 6.07) is 0. The SMILES string of the molecule is CC(=O)Nc1sc(Cl)nc1CCOC(=N)C(=O)Cl.Cl. The first kappa shape index (κ1) is 18.1. The topological polar surface area (TPSA) is 92.1 Å². The van der Waals surface area contributed by atoms with E-state index >= 15 is 0 Å². The molecule has 1 aromatic heterocycles. The molecule has 0 aliphatic carbocycles. The predicted molar refractivity (Wildman–Crippen MR) is 76.9 cm³/mol. The van der Waals surface area contributed by atoms with Gasteiger partial charge in [-0.1, -0.05) is 22.9 Å². The Hall–Kier alpha value is -0.890. The summed E-state index contributed by atoms with van der Waals surface area (Å²) in [6.45, 7) is 1.42. The Kier molecular flexibility index (Phi) is 7.93. The second kappa shape index (κ2) is 8.31. The van der Waals surface area contributed by atoms with E-state index in [1.54, 1.807) is 0 Å². The van der Waals surface area contributed by atoms with Crippen molar-refractivity contribution in [2.24, 2.45) is 0 Å². The van der Waals surface area contributed by atoms with Crippen LogP contribution in [0.15, 0.2) is 0 Å². The van der Waals surface area contributed by atoms with Gasteiger partial charge in [-0.05, 0) is 11.6 Å². The molecule has 1 amide bonds. The summed E-state index contributed by atoms with van der Waals surface area (Å²) in [7, 11) is 0. The van der Waals surface area contributed by atoms with Crippen LogP contribution in [0.25, 0.3) is 0 Å². The van der Waals surface area contributed by atoms with E-state index in [0.29, 0.717) is 17.1 Å². The number of anilines is 1. The molecule has 0 unspecified atom stereocenters. The lowest BCUT2D eigenvalue weighted by Gasteiger charge is -2.04. The average molecular weight is 347 g/mol. The molecule has 1 aromatic rings. The van der Waals surface area contributed by atoms with Crippen molar-refractivity contribution in [2.45, 2.75) is 13.3 Å². The fourth-order valence-electron chi connectivity index (χ4n) is 1.06. The van der Waals surface area contributed by atoms with Crippen molar-refractivity contribution in [2.75, 3.05) is 11.9 Å². The zero-order chi connectivity index (χ0) is 13.7. The predicted octanol–water partition coefficient (Wildman–Crippen LogP) is 2.48. The lowest BCUT2D eigenvalue weighted by molar-refractivity contribution is -0.114. The minimum atomic E-state index is -0.964. The monoisotopic (exact) mass is 345 g/mol. The molecule has 6 nitrogen and oxygen atoms in total. The highest BCUT2D eigenvalue weighted by Crippen LogP contribution is 2.28. The van der Waals surface area contributed by atoms with Gasteiger partial charge in [0.2, 0.25) is 5.91 Å². The fourth-order valence-corrected chi connectivity index (χ4v) is 2.23. The highest BCUT2D eigenvalue weighted by atomic mass is 35.5. The van der Waals surface area contributed by atoms with Crippen molar-refractivity contribution < 1.29 is 14.3 Å². The summed E-state index contributed by atoms with van der Waals surface area (Å²) < 4.78 is 5.08. The summed E-state index contributed by atoms with van der Waals surface area (Å²) >= 11 is 11.9. The van der Waals surface area contributed by atoms with Crippen LogP contribution in [0, 0.1) is 5.41 Å². The highest BCUT2D eigenvalue weighted by molar-refractivity contribution is 7.19. The maximum Gasteiger partial charge on any atom is 0.306 e. The second-order valence-corrected chi connectivity index (χ2v) is 5.05. The van der Waals surface area contributed by atoms with Gasteiger partial charge in [0.05, 0.1) is 12.3 Å². The molecule has 0 bridgehead atoms. The first-order valence-corrected chi connectivity index (χ1v) is 6.31. The Morgan fingerprint density at radius 3 is 2.68 bits per heavy atom. The number of amides is 1. The molecule has 0 saturated carbocycles. The largest absolute Gasteiger partial charge is 0.474 e. The summed E-state index contributed by atoms with van der Waals surface area (Å²) in [5, 5.41) is 9.21. The summed E-state index contributed by atoms with van der Waals surface area (Å²) in [6.07, 6.45) is 0.297. The zero-order valence-electron chi connectivity index (χ0n) is 9.66. The van der Waals surface area contributed by atoms with Crippen LogP contribution in [0.4, 0.5) is 5.00 Å². The number of carbonyl (C=O) groups excluding carboxylic acids is 2. The Morgan fingerprint density at radius 2 is 2.16 bits per heavy atom. The van der Waals surface area contributed by atoms with Crippen molar-refractivity contribution in [3.8, 4) is 0 Å². The summed E-state index contributed by atoms with van der Waals surface area (Å²) in [5.41, 5.74) is 0.537. The normalized spacial score (nSPS) is 9.42. The molecule has 1 rings (SSSR count). The van der Waals surface area contributed by atoms with Gasteiger partial charge in [-0.3, -0.25) is 15.0 Å². The number of aromatic nitrogens is 1. The molecule has 106 valence electrons. The van der Waals surface area contributed by atoms with Crippen LogP contribution in [0.2, 0.25) is 4.47 Å². The van der Waals surface area contributed by atoms with Gasteiger partial charge in [-0.25, -0.2) is 4.98 Å². The Balaban J connectivity index is 0.00000324. The molecule has 0 saturated heterocycles. The van der Waals surface area contributed by atoms with Crippen LogP contribution in [0.3, 0.4) is 0 Å². The number of thiazole rings is 1. The molecule has 0 aromatic carbocycles. The molecule has 0 spiro atoms. The van der Waals surface area contributed by atoms with E-state index in [9.17, 15) is 9.59 Å². The number of halogens is 3. The van der Waals surface area contributed by atoms with Gasteiger partial charge in [-0.15, -0.1) is 12.4 Å². The average Bonchev–Trinajstić information content (AvgIpc) is 2.57. The Bertz CT molecular complexity index is 492. The number of nitrogens with zero attached hydrogens (tertiary/aromatic N) is 1. The molecule has 19 heavy (non-hydrogen) atoms. The third-order valence-corrected chi connectivity index (χ3v) is 3.01. The van der Waals surface area contributed by atoms with Crippen LogP contribution in [0.1, 0.15) is 12.6 Å². The maximum absolute atomic E-state index is 10.9. The van der Waals surface area contributed by atoms with Crippen LogP contribution in [-0.4, -0.2) is 28.6 Å². The molecule has 0 radical (unpaired) electrons. The zero-order valence-corrected chi connectivity index (χ0v) is 12.8. The highest BCUT2D eigenvalue weighted by Gasteiger charge is 2.13. The van der Waals surface area contributed by atoms with E-state index in [-0.39, 0.29) is 29.4 Å². The maximum atomic E-state index is 10.9. The first-order valence-electron chi connectivity index (χ1n) is 4.74. The third-order valence-electron chi connectivity index (χ3n) is 1.72. The smallest absolute Gasteiger partial charge is 0.306 e. The van der Waals surface area contributed by atoms with Gasteiger partial charge in [0.1, 0.15) is 5.00 Å². The number of carbonyl (C=O) groups is 2. The quantitative estimate of drug-likeness (QED) is 0.487. The van der Waals surface area contributed by atoms with E-state index in [4.69, 9.17) is 33.3 Å². The van der Waals surface area contributed by atoms with Gasteiger partial charge in [0.25, 0.3) is 5.90 Å². The van der Waals surface area contributed by atoms with Crippen molar-refractivity contribution in [3.63, 3.8) is 0 Å². The third kappa shape index (κ3) is 6.20. The first-order chi connectivity index (χ1) is 8.40. The van der Waals surface area contributed by atoms with Crippen molar-refractivity contribution in [3.05, 3.63) is 10.2 Å². The molecule has 1 heterocycles. The molecule has 0 aliphatic rings. The Morgan fingerprint density at radius 1 is 1.53 bits per heavy atom. The number of ether oxygens (including phenoxy) is 1. The van der Waals surface area contributed by atoms with Gasteiger partial charge >= 0.3 is 5.24 Å². The van der Waals surface area contributed by atoms with Crippen molar-refractivity contribution >= 4 is 69.0 Å². The lowest BCUT2D eigenvalue weighted by atomic mass is 10.3. The van der Waals surface area contributed by atoms with Crippen molar-refractivity contribution in [1.29, 1.82) is 5.41 Å². The minimum Gasteiger partial charge on any atom is -0.474 e. The molecule has 0 atom stereocenters. The van der Waals surface area contributed by atoms with E-state index in [1.165, 1.54) is 6.92 Å². The van der Waals surface area contributed by atoms with Crippen LogP contribution >= 0.6 is 46.9 Å². The fraction of sp³-hybridized carbons (Fsp3) is 0.333.